The van der Waals surface area contributed by atoms with E-state index in [-0.39, 0.29) is 5.56 Å². The first kappa shape index (κ1) is 18.3. The number of benzene rings is 2. The van der Waals surface area contributed by atoms with Gasteiger partial charge in [-0.25, -0.2) is 4.39 Å². The quantitative estimate of drug-likeness (QED) is 0.564. The van der Waals surface area contributed by atoms with Gasteiger partial charge in [0.2, 0.25) is 0 Å². The minimum atomic E-state index is -0.650. The van der Waals surface area contributed by atoms with Gasteiger partial charge in [0.05, 0.1) is 39.6 Å². The van der Waals surface area contributed by atoms with E-state index in [1.807, 2.05) is 0 Å². The van der Waals surface area contributed by atoms with E-state index < -0.39 is 11.6 Å². The first-order valence-corrected chi connectivity index (χ1v) is 7.40. The fourth-order valence-electron chi connectivity index (χ4n) is 2.27. The number of halogens is 1. The summed E-state index contributed by atoms with van der Waals surface area (Å²) < 4.78 is 34.7. The third kappa shape index (κ3) is 4.09. The van der Waals surface area contributed by atoms with Gasteiger partial charge in [-0.3, -0.25) is 4.79 Å². The van der Waals surface area contributed by atoms with Gasteiger partial charge < -0.3 is 18.9 Å². The van der Waals surface area contributed by atoms with Crippen LogP contribution in [0.4, 0.5) is 4.39 Å². The van der Waals surface area contributed by atoms with Gasteiger partial charge >= 0.3 is 0 Å². The highest BCUT2D eigenvalue weighted by molar-refractivity contribution is 6.07. The summed E-state index contributed by atoms with van der Waals surface area (Å²) in [6.07, 6.45) is 2.78. The Morgan fingerprint density at radius 2 is 1.48 bits per heavy atom. The number of methoxy groups -OCH3 is 4. The van der Waals surface area contributed by atoms with Gasteiger partial charge in [-0.1, -0.05) is 0 Å². The van der Waals surface area contributed by atoms with Crippen molar-refractivity contribution in [2.24, 2.45) is 0 Å². The molecule has 0 aliphatic carbocycles. The number of carbonyl (C=O) groups excluding carboxylic acids is 1. The normalized spacial score (nSPS) is 10.6. The molecule has 0 aromatic heterocycles. The average molecular weight is 346 g/mol. The molecule has 0 bridgehead atoms. The molecule has 0 atom stereocenters. The molecule has 25 heavy (non-hydrogen) atoms. The number of allylic oxidation sites excluding steroid dienone is 1. The SMILES string of the molecule is COc1ccc(C(=O)/C=C/c2c(OC)cc(OC)cc2OC)c(F)c1. The molecule has 0 N–H and O–H groups in total. The summed E-state index contributed by atoms with van der Waals surface area (Å²) in [5, 5.41) is 0. The molecule has 2 rings (SSSR count). The molecule has 0 spiro atoms. The van der Waals surface area contributed by atoms with Crippen LogP contribution >= 0.6 is 0 Å². The number of hydrogen-bond acceptors (Lipinski definition) is 5. The highest BCUT2D eigenvalue weighted by Gasteiger charge is 2.13. The van der Waals surface area contributed by atoms with E-state index in [0.29, 0.717) is 28.6 Å². The van der Waals surface area contributed by atoms with Crippen molar-refractivity contribution < 1.29 is 28.1 Å². The van der Waals surface area contributed by atoms with Crippen molar-refractivity contribution in [1.82, 2.24) is 0 Å². The van der Waals surface area contributed by atoms with Gasteiger partial charge in [0.1, 0.15) is 28.8 Å². The zero-order valence-corrected chi connectivity index (χ0v) is 14.5. The Labute approximate surface area is 145 Å². The summed E-state index contributed by atoms with van der Waals surface area (Å²) in [6.45, 7) is 0. The zero-order valence-electron chi connectivity index (χ0n) is 14.5. The highest BCUT2D eigenvalue weighted by atomic mass is 19.1. The van der Waals surface area contributed by atoms with Crippen molar-refractivity contribution >= 4 is 11.9 Å². The van der Waals surface area contributed by atoms with E-state index in [1.54, 1.807) is 12.1 Å². The van der Waals surface area contributed by atoms with Gasteiger partial charge in [-0.15, -0.1) is 0 Å². The Morgan fingerprint density at radius 3 is 1.96 bits per heavy atom. The summed E-state index contributed by atoms with van der Waals surface area (Å²) in [7, 11) is 5.95. The molecule has 0 fully saturated rings. The molecule has 6 heteroatoms. The standard InChI is InChI=1S/C19H19FO5/c1-22-12-5-6-14(16(20)9-12)17(21)8-7-15-18(24-3)10-13(23-2)11-19(15)25-4/h5-11H,1-4H3/b8-7+. The summed E-state index contributed by atoms with van der Waals surface area (Å²) in [5.41, 5.74) is 0.497. The topological polar surface area (TPSA) is 54.0 Å². The first-order valence-electron chi connectivity index (χ1n) is 7.40. The minimum absolute atomic E-state index is 0.0523. The van der Waals surface area contributed by atoms with Crippen LogP contribution in [0.15, 0.2) is 36.4 Å². The maximum Gasteiger partial charge on any atom is 0.188 e. The molecule has 5 nitrogen and oxygen atoms in total. The van der Waals surface area contributed by atoms with Crippen LogP contribution in [0.1, 0.15) is 15.9 Å². The highest BCUT2D eigenvalue weighted by Crippen LogP contribution is 2.35. The lowest BCUT2D eigenvalue weighted by molar-refractivity contribution is 0.104. The average Bonchev–Trinajstić information content (AvgIpc) is 2.64. The molecular weight excluding hydrogens is 327 g/mol. The first-order chi connectivity index (χ1) is 12.0. The molecule has 0 aliphatic rings. The smallest absolute Gasteiger partial charge is 0.188 e. The summed E-state index contributed by atoms with van der Waals surface area (Å²) in [5.74, 6) is 0.698. The second kappa shape index (κ2) is 8.19. The lowest BCUT2D eigenvalue weighted by Gasteiger charge is -2.12. The van der Waals surface area contributed by atoms with E-state index >= 15 is 0 Å². The fourth-order valence-corrected chi connectivity index (χ4v) is 2.27. The Kier molecular flexibility index (Phi) is 6.00. The Bertz CT molecular complexity index is 773. The van der Waals surface area contributed by atoms with Gasteiger partial charge in [0, 0.05) is 18.2 Å². The Hall–Kier alpha value is -3.02. The van der Waals surface area contributed by atoms with E-state index in [4.69, 9.17) is 18.9 Å². The second-order valence-corrected chi connectivity index (χ2v) is 4.99. The molecule has 0 unspecified atom stereocenters. The maximum absolute atomic E-state index is 14.0. The molecule has 0 radical (unpaired) electrons. The second-order valence-electron chi connectivity index (χ2n) is 4.99. The summed E-state index contributed by atoms with van der Waals surface area (Å²) in [4.78, 5) is 12.3. The lowest BCUT2D eigenvalue weighted by Crippen LogP contribution is -2.00. The maximum atomic E-state index is 14.0. The number of ketones is 1. The van der Waals surface area contributed by atoms with Crippen LogP contribution in [0.2, 0.25) is 0 Å². The molecule has 132 valence electrons. The van der Waals surface area contributed by atoms with Crippen molar-refractivity contribution in [3.63, 3.8) is 0 Å². The molecule has 2 aromatic rings. The third-order valence-corrected chi connectivity index (χ3v) is 3.60. The van der Waals surface area contributed by atoms with Gasteiger partial charge in [0.25, 0.3) is 0 Å². The zero-order chi connectivity index (χ0) is 18.4. The van der Waals surface area contributed by atoms with E-state index in [0.717, 1.165) is 6.07 Å². The predicted molar refractivity (Wildman–Crippen MR) is 92.4 cm³/mol. The number of ether oxygens (including phenoxy) is 4. The molecule has 0 amide bonds. The van der Waals surface area contributed by atoms with Crippen LogP contribution in [-0.4, -0.2) is 34.2 Å². The number of rotatable bonds is 7. The predicted octanol–water partition coefficient (Wildman–Crippen LogP) is 3.76. The summed E-state index contributed by atoms with van der Waals surface area (Å²) in [6, 6.07) is 7.40. The van der Waals surface area contributed by atoms with Crippen LogP contribution in [0.25, 0.3) is 6.08 Å². The van der Waals surface area contributed by atoms with Crippen molar-refractivity contribution in [1.29, 1.82) is 0 Å². The molecule has 0 saturated carbocycles. The molecular formula is C19H19FO5. The van der Waals surface area contributed by atoms with Crippen LogP contribution in [-0.2, 0) is 0 Å². The van der Waals surface area contributed by atoms with Gasteiger partial charge in [-0.2, -0.15) is 0 Å². The molecule has 0 aliphatic heterocycles. The van der Waals surface area contributed by atoms with Gasteiger partial charge in [-0.05, 0) is 24.3 Å². The van der Waals surface area contributed by atoms with Crippen molar-refractivity contribution in [2.75, 3.05) is 28.4 Å². The molecule has 0 heterocycles. The monoisotopic (exact) mass is 346 g/mol. The van der Waals surface area contributed by atoms with Crippen LogP contribution in [0, 0.1) is 5.82 Å². The van der Waals surface area contributed by atoms with E-state index in [2.05, 4.69) is 0 Å². The van der Waals surface area contributed by atoms with Gasteiger partial charge in [0.15, 0.2) is 5.78 Å². The van der Waals surface area contributed by atoms with Crippen molar-refractivity contribution in [3.05, 3.63) is 53.4 Å². The minimum Gasteiger partial charge on any atom is -0.497 e. The van der Waals surface area contributed by atoms with E-state index in [1.165, 1.54) is 52.7 Å². The molecule has 2 aromatic carbocycles. The van der Waals surface area contributed by atoms with Crippen LogP contribution in [0.3, 0.4) is 0 Å². The lowest BCUT2D eigenvalue weighted by atomic mass is 10.1. The Morgan fingerprint density at radius 1 is 0.880 bits per heavy atom. The van der Waals surface area contributed by atoms with Crippen LogP contribution < -0.4 is 18.9 Å². The van der Waals surface area contributed by atoms with Crippen molar-refractivity contribution in [2.45, 2.75) is 0 Å². The van der Waals surface area contributed by atoms with Crippen LogP contribution in [0.5, 0.6) is 23.0 Å². The Balaban J connectivity index is 2.37. The fraction of sp³-hybridized carbons (Fsp3) is 0.211. The largest absolute Gasteiger partial charge is 0.497 e. The number of hydrogen-bond donors (Lipinski definition) is 0. The van der Waals surface area contributed by atoms with Crippen molar-refractivity contribution in [3.8, 4) is 23.0 Å². The third-order valence-electron chi connectivity index (χ3n) is 3.60. The number of carbonyl (C=O) groups is 1. The van der Waals surface area contributed by atoms with E-state index in [9.17, 15) is 9.18 Å². The molecule has 0 saturated heterocycles. The summed E-state index contributed by atoms with van der Waals surface area (Å²) >= 11 is 0.